The molecule has 1 aliphatic rings. The van der Waals surface area contributed by atoms with Crippen LogP contribution in [0.5, 0.6) is 5.75 Å². The molecule has 0 spiro atoms. The minimum Gasteiger partial charge on any atom is -0.497 e. The van der Waals surface area contributed by atoms with Crippen LogP contribution in [0.4, 0.5) is 0 Å². The molecule has 1 saturated heterocycles. The molecule has 5 heteroatoms. The summed E-state index contributed by atoms with van der Waals surface area (Å²) in [4.78, 5) is 17.8. The van der Waals surface area contributed by atoms with E-state index in [4.69, 9.17) is 14.3 Å². The predicted octanol–water partition coefficient (Wildman–Crippen LogP) is 4.27. The minimum absolute atomic E-state index is 0.0807. The summed E-state index contributed by atoms with van der Waals surface area (Å²) in [6.45, 7) is 10.4. The molecule has 1 unspecified atom stereocenters. The van der Waals surface area contributed by atoms with Crippen molar-refractivity contribution in [3.63, 3.8) is 0 Å². The van der Waals surface area contributed by atoms with Crippen LogP contribution in [-0.2, 0) is 14.4 Å². The van der Waals surface area contributed by atoms with Gasteiger partial charge in [-0.15, -0.1) is 0 Å². The fourth-order valence-electron chi connectivity index (χ4n) is 3.59. The summed E-state index contributed by atoms with van der Waals surface area (Å²) in [6, 6.07) is 7.70. The second kappa shape index (κ2) is 7.75. The number of piperidine rings is 1. The fourth-order valence-corrected chi connectivity index (χ4v) is 3.59. The molecule has 1 atom stereocenters. The number of methoxy groups -OCH3 is 1. The summed E-state index contributed by atoms with van der Waals surface area (Å²) in [5, 5.41) is 2.10. The quantitative estimate of drug-likeness (QED) is 0.718. The molecule has 25 heavy (non-hydrogen) atoms. The van der Waals surface area contributed by atoms with Crippen molar-refractivity contribution in [2.24, 2.45) is 0 Å². The minimum atomic E-state index is -0.355. The Labute approximate surface area is 151 Å². The highest BCUT2D eigenvalue weighted by Gasteiger charge is 2.43. The van der Waals surface area contributed by atoms with Crippen molar-refractivity contribution in [3.05, 3.63) is 29.8 Å². The first-order valence-corrected chi connectivity index (χ1v) is 8.90. The third-order valence-corrected chi connectivity index (χ3v) is 4.83. The smallest absolute Gasteiger partial charge is 0.302 e. The molecule has 0 amide bonds. The number of hydrogen-bond donors (Lipinski definition) is 0. The van der Waals surface area contributed by atoms with Crippen molar-refractivity contribution in [1.29, 1.82) is 0 Å². The molecule has 1 fully saturated rings. The lowest BCUT2D eigenvalue weighted by Gasteiger charge is -2.52. The van der Waals surface area contributed by atoms with Crippen LogP contribution in [0.25, 0.3) is 0 Å². The van der Waals surface area contributed by atoms with Gasteiger partial charge in [-0.1, -0.05) is 12.1 Å². The molecule has 140 valence electrons. The number of rotatable bonds is 6. The number of hydroxylamine groups is 2. The van der Waals surface area contributed by atoms with Gasteiger partial charge in [0.15, 0.2) is 0 Å². The van der Waals surface area contributed by atoms with E-state index in [2.05, 4.69) is 32.8 Å². The molecule has 0 bridgehead atoms. The van der Waals surface area contributed by atoms with E-state index in [1.165, 1.54) is 13.3 Å². The Balaban J connectivity index is 2.26. The maximum Gasteiger partial charge on any atom is 0.302 e. The monoisotopic (exact) mass is 349 g/mol. The molecule has 2 rings (SSSR count). The molecular weight excluding hydrogens is 318 g/mol. The van der Waals surface area contributed by atoms with Crippen molar-refractivity contribution >= 4 is 5.97 Å². The molecule has 0 radical (unpaired) electrons. The van der Waals surface area contributed by atoms with Crippen molar-refractivity contribution < 1.29 is 19.1 Å². The maximum absolute atomic E-state index is 11.3. The summed E-state index contributed by atoms with van der Waals surface area (Å²) in [6.07, 6.45) is 2.96. The van der Waals surface area contributed by atoms with Gasteiger partial charge < -0.3 is 9.47 Å². The Bertz CT molecular complexity index is 564. The maximum atomic E-state index is 11.3. The Morgan fingerprint density at radius 2 is 1.68 bits per heavy atom. The van der Waals surface area contributed by atoms with Crippen LogP contribution < -0.4 is 4.74 Å². The lowest BCUT2D eigenvalue weighted by molar-refractivity contribution is -0.311. The van der Waals surface area contributed by atoms with Gasteiger partial charge in [0.2, 0.25) is 0 Å². The van der Waals surface area contributed by atoms with Crippen LogP contribution in [-0.4, -0.2) is 35.8 Å². The number of nitrogens with zero attached hydrogens (tertiary/aromatic N) is 1. The van der Waals surface area contributed by atoms with Crippen molar-refractivity contribution in [2.75, 3.05) is 13.7 Å². The van der Waals surface area contributed by atoms with Crippen LogP contribution in [0, 0.1) is 0 Å². The second-order valence-electron chi connectivity index (χ2n) is 7.94. The van der Waals surface area contributed by atoms with Gasteiger partial charge in [-0.05, 0) is 64.7 Å². The second-order valence-corrected chi connectivity index (χ2v) is 7.94. The van der Waals surface area contributed by atoms with Crippen LogP contribution in [0.3, 0.4) is 0 Å². The van der Waals surface area contributed by atoms with Crippen molar-refractivity contribution in [3.8, 4) is 5.75 Å². The molecule has 1 heterocycles. The normalized spacial score (nSPS) is 20.7. The van der Waals surface area contributed by atoms with Gasteiger partial charge in [-0.25, -0.2) is 0 Å². The number of benzene rings is 1. The number of ether oxygens (including phenoxy) is 2. The molecular formula is C20H31NO4. The van der Waals surface area contributed by atoms with Gasteiger partial charge in [-0.3, -0.25) is 9.63 Å². The van der Waals surface area contributed by atoms with E-state index >= 15 is 0 Å². The number of carbonyl (C=O) groups is 1. The van der Waals surface area contributed by atoms with E-state index < -0.39 is 0 Å². The molecule has 5 nitrogen and oxygen atoms in total. The molecule has 1 aromatic rings. The highest BCUT2D eigenvalue weighted by atomic mass is 16.7. The van der Waals surface area contributed by atoms with Crippen LogP contribution >= 0.6 is 0 Å². The molecule has 0 aliphatic carbocycles. The molecule has 0 saturated carbocycles. The third-order valence-electron chi connectivity index (χ3n) is 4.83. The summed E-state index contributed by atoms with van der Waals surface area (Å²) >= 11 is 0. The van der Waals surface area contributed by atoms with Gasteiger partial charge >= 0.3 is 5.97 Å². The predicted molar refractivity (Wildman–Crippen MR) is 97.3 cm³/mol. The van der Waals surface area contributed by atoms with Crippen LogP contribution in [0.1, 0.15) is 65.5 Å². The first kappa shape index (κ1) is 19.7. The Morgan fingerprint density at radius 1 is 1.12 bits per heavy atom. The molecule has 1 aromatic carbocycles. The van der Waals surface area contributed by atoms with Gasteiger partial charge in [0, 0.05) is 18.0 Å². The average Bonchev–Trinajstić information content (AvgIpc) is 2.53. The Kier molecular flexibility index (Phi) is 6.12. The SMILES string of the molecule is COc1ccc(C(COC(C)=O)ON2C(C)(C)CCCC2(C)C)cc1. The summed E-state index contributed by atoms with van der Waals surface area (Å²) in [7, 11) is 1.64. The van der Waals surface area contributed by atoms with Crippen molar-refractivity contribution in [2.45, 2.75) is 71.1 Å². The van der Waals surface area contributed by atoms with Gasteiger partial charge in [0.1, 0.15) is 18.5 Å². The number of carbonyl (C=O) groups excluding carboxylic acids is 1. The van der Waals surface area contributed by atoms with Gasteiger partial charge in [0.05, 0.1) is 7.11 Å². The van der Waals surface area contributed by atoms with E-state index in [-0.39, 0.29) is 29.8 Å². The zero-order valence-corrected chi connectivity index (χ0v) is 16.3. The van der Waals surface area contributed by atoms with E-state index in [9.17, 15) is 4.79 Å². The van der Waals surface area contributed by atoms with E-state index in [0.29, 0.717) is 0 Å². The number of esters is 1. The zero-order valence-electron chi connectivity index (χ0n) is 16.3. The summed E-state index contributed by atoms with van der Waals surface area (Å²) in [5.74, 6) is 0.480. The van der Waals surface area contributed by atoms with Crippen LogP contribution in [0.15, 0.2) is 24.3 Å². The topological polar surface area (TPSA) is 48.0 Å². The Hall–Kier alpha value is -1.59. The molecule has 0 N–H and O–H groups in total. The van der Waals surface area contributed by atoms with Gasteiger partial charge in [-0.2, -0.15) is 5.06 Å². The lowest BCUT2D eigenvalue weighted by Crippen LogP contribution is -2.58. The largest absolute Gasteiger partial charge is 0.497 e. The lowest BCUT2D eigenvalue weighted by atomic mass is 9.82. The first-order valence-electron chi connectivity index (χ1n) is 8.90. The first-order chi connectivity index (χ1) is 11.7. The highest BCUT2D eigenvalue weighted by Crippen LogP contribution is 2.40. The standard InChI is InChI=1S/C20H31NO4/c1-15(22)24-14-18(16-8-10-17(23-6)11-9-16)25-21-19(2,3)12-7-13-20(21,4)5/h8-11,18H,7,12-14H2,1-6H3. The summed E-state index contributed by atoms with van der Waals surface area (Å²) < 4.78 is 10.5. The fraction of sp³-hybridized carbons (Fsp3) is 0.650. The summed E-state index contributed by atoms with van der Waals surface area (Å²) in [5.41, 5.74) is 0.796. The highest BCUT2D eigenvalue weighted by molar-refractivity contribution is 5.65. The molecule has 0 aromatic heterocycles. The Morgan fingerprint density at radius 3 is 2.16 bits per heavy atom. The van der Waals surface area contributed by atoms with Crippen LogP contribution in [0.2, 0.25) is 0 Å². The van der Waals surface area contributed by atoms with Crippen molar-refractivity contribution in [1.82, 2.24) is 5.06 Å². The van der Waals surface area contributed by atoms with Gasteiger partial charge in [0.25, 0.3) is 0 Å². The zero-order chi connectivity index (χ0) is 18.7. The van der Waals surface area contributed by atoms with E-state index in [1.807, 2.05) is 24.3 Å². The average molecular weight is 349 g/mol. The molecule has 1 aliphatic heterocycles. The van der Waals surface area contributed by atoms with E-state index in [0.717, 1.165) is 24.2 Å². The third kappa shape index (κ3) is 4.95. The van der Waals surface area contributed by atoms with E-state index in [1.54, 1.807) is 7.11 Å². The number of hydrogen-bond acceptors (Lipinski definition) is 5.